The second-order valence-electron chi connectivity index (χ2n) is 4.82. The first-order chi connectivity index (χ1) is 11.1. The number of hydrogen-bond acceptors (Lipinski definition) is 3. The third kappa shape index (κ3) is 3.60. The molecule has 0 aliphatic carbocycles. The third-order valence-corrected chi connectivity index (χ3v) is 3.14. The molecule has 3 aromatic rings. The number of nitrogens with one attached hydrogen (secondary N) is 3. The summed E-state index contributed by atoms with van der Waals surface area (Å²) in [7, 11) is 0. The van der Waals surface area contributed by atoms with Gasteiger partial charge in [0.15, 0.2) is 5.82 Å². The van der Waals surface area contributed by atoms with Gasteiger partial charge in [-0.1, -0.05) is 6.07 Å². The molecule has 2 heterocycles. The summed E-state index contributed by atoms with van der Waals surface area (Å²) in [6.07, 6.45) is 0.640. The number of H-pyrrole nitrogens is 1. The van der Waals surface area contributed by atoms with Crippen LogP contribution in [0.1, 0.15) is 17.8 Å². The lowest BCUT2D eigenvalue weighted by Gasteiger charge is -2.07. The molecule has 0 atom stereocenters. The van der Waals surface area contributed by atoms with Crippen LogP contribution >= 0.6 is 0 Å². The van der Waals surface area contributed by atoms with Crippen molar-refractivity contribution in [1.82, 2.24) is 20.3 Å². The zero-order valence-electron chi connectivity index (χ0n) is 11.9. The Balaban J connectivity index is 1.65. The van der Waals surface area contributed by atoms with Crippen LogP contribution in [0.25, 0.3) is 11.0 Å². The summed E-state index contributed by atoms with van der Waals surface area (Å²) < 4.78 is 25.2. The average molecular weight is 317 g/mol. The summed E-state index contributed by atoms with van der Waals surface area (Å²) in [6.45, 7) is 0.335. The number of carbonyl (C=O) groups is 1. The van der Waals surface area contributed by atoms with Crippen LogP contribution in [0, 0.1) is 0 Å². The van der Waals surface area contributed by atoms with Crippen LogP contribution in [0.15, 0.2) is 42.7 Å². The van der Waals surface area contributed by atoms with Gasteiger partial charge >= 0.3 is 6.03 Å². The smallest absolute Gasteiger partial charge is 0.319 e. The second-order valence-corrected chi connectivity index (χ2v) is 4.82. The number of amides is 2. The zero-order chi connectivity index (χ0) is 16.2. The molecule has 0 aliphatic rings. The highest BCUT2D eigenvalue weighted by molar-refractivity contribution is 5.91. The molecule has 0 saturated heterocycles. The third-order valence-electron chi connectivity index (χ3n) is 3.14. The van der Waals surface area contributed by atoms with Crippen molar-refractivity contribution >= 4 is 22.8 Å². The molecule has 0 saturated carbocycles. The zero-order valence-corrected chi connectivity index (χ0v) is 11.9. The monoisotopic (exact) mass is 317 g/mol. The van der Waals surface area contributed by atoms with E-state index in [1.54, 1.807) is 36.7 Å². The maximum Gasteiger partial charge on any atom is 0.319 e. The number of hydrogen-bond donors (Lipinski definition) is 3. The van der Waals surface area contributed by atoms with Gasteiger partial charge in [0.2, 0.25) is 0 Å². The summed E-state index contributed by atoms with van der Waals surface area (Å²) in [5.41, 5.74) is 2.20. The topological polar surface area (TPSA) is 82.7 Å². The summed E-state index contributed by atoms with van der Waals surface area (Å²) in [5, 5.41) is 5.32. The Bertz CT molecular complexity index is 819. The Morgan fingerprint density at radius 1 is 1.30 bits per heavy atom. The normalized spacial score (nSPS) is 10.9. The molecule has 0 radical (unpaired) electrons. The van der Waals surface area contributed by atoms with E-state index in [4.69, 9.17) is 0 Å². The van der Waals surface area contributed by atoms with E-state index in [2.05, 4.69) is 25.6 Å². The van der Waals surface area contributed by atoms with Crippen LogP contribution < -0.4 is 10.6 Å². The minimum absolute atomic E-state index is 0.335. The molecule has 3 N–H and O–H groups in total. The number of carbonyl (C=O) groups excluding carboxylic acids is 1. The van der Waals surface area contributed by atoms with Gasteiger partial charge in [-0.15, -0.1) is 0 Å². The van der Waals surface area contributed by atoms with E-state index < -0.39 is 18.3 Å². The van der Waals surface area contributed by atoms with Crippen LogP contribution in [-0.2, 0) is 6.54 Å². The Morgan fingerprint density at radius 2 is 2.17 bits per heavy atom. The first-order valence-electron chi connectivity index (χ1n) is 6.83. The SMILES string of the molecule is O=C(NCc1cccnc1)Nc1ccc2nc(C(F)F)[nH]c2c1. The van der Waals surface area contributed by atoms with Crippen LogP contribution in [0.3, 0.4) is 0 Å². The Hall–Kier alpha value is -3.03. The largest absolute Gasteiger partial charge is 0.337 e. The van der Waals surface area contributed by atoms with Gasteiger partial charge in [0.1, 0.15) is 0 Å². The van der Waals surface area contributed by atoms with Crippen molar-refractivity contribution in [3.8, 4) is 0 Å². The molecule has 6 nitrogen and oxygen atoms in total. The molecule has 3 rings (SSSR count). The van der Waals surface area contributed by atoms with Crippen molar-refractivity contribution in [2.24, 2.45) is 0 Å². The van der Waals surface area contributed by atoms with E-state index in [1.165, 1.54) is 0 Å². The minimum atomic E-state index is -2.67. The highest BCUT2D eigenvalue weighted by atomic mass is 19.3. The summed E-state index contributed by atoms with van der Waals surface area (Å²) in [4.78, 5) is 22.1. The quantitative estimate of drug-likeness (QED) is 0.691. The minimum Gasteiger partial charge on any atom is -0.337 e. The first kappa shape index (κ1) is 14.9. The number of nitrogens with zero attached hydrogens (tertiary/aromatic N) is 2. The number of rotatable bonds is 4. The van der Waals surface area contributed by atoms with Crippen molar-refractivity contribution in [1.29, 1.82) is 0 Å². The second kappa shape index (κ2) is 6.39. The summed E-state index contributed by atoms with van der Waals surface area (Å²) >= 11 is 0. The van der Waals surface area contributed by atoms with Crippen molar-refractivity contribution in [3.05, 3.63) is 54.1 Å². The summed E-state index contributed by atoms with van der Waals surface area (Å²) in [6, 6.07) is 7.94. The number of urea groups is 1. The van der Waals surface area contributed by atoms with Gasteiger partial charge in [0.05, 0.1) is 11.0 Å². The highest BCUT2D eigenvalue weighted by Crippen LogP contribution is 2.22. The van der Waals surface area contributed by atoms with Gasteiger partial charge in [-0.3, -0.25) is 4.98 Å². The van der Waals surface area contributed by atoms with E-state index in [0.29, 0.717) is 23.3 Å². The fourth-order valence-corrected chi connectivity index (χ4v) is 2.07. The molecule has 0 bridgehead atoms. The molecule has 23 heavy (non-hydrogen) atoms. The predicted octanol–water partition coefficient (Wildman–Crippen LogP) is 3.22. The number of benzene rings is 1. The maximum absolute atomic E-state index is 12.6. The Kier molecular flexibility index (Phi) is 4.13. The number of fused-ring (bicyclic) bond motifs is 1. The number of anilines is 1. The average Bonchev–Trinajstić information content (AvgIpc) is 2.97. The van der Waals surface area contributed by atoms with E-state index in [1.807, 2.05) is 6.07 Å². The number of halogens is 2. The molecule has 118 valence electrons. The molecular formula is C15H13F2N5O. The molecule has 0 unspecified atom stereocenters. The number of aromatic amines is 1. The standard InChI is InChI=1S/C15H13F2N5O/c16-13(17)14-21-11-4-3-10(6-12(11)22-14)20-15(23)19-8-9-2-1-5-18-7-9/h1-7,13H,8H2,(H,21,22)(H2,19,20,23). The summed E-state index contributed by atoms with van der Waals surface area (Å²) in [5.74, 6) is -0.391. The number of pyridine rings is 1. The molecule has 2 aromatic heterocycles. The molecule has 0 fully saturated rings. The Morgan fingerprint density at radius 3 is 2.91 bits per heavy atom. The van der Waals surface area contributed by atoms with E-state index in [-0.39, 0.29) is 0 Å². The van der Waals surface area contributed by atoms with E-state index in [0.717, 1.165) is 5.56 Å². The fourth-order valence-electron chi connectivity index (χ4n) is 2.07. The van der Waals surface area contributed by atoms with Gasteiger partial charge in [-0.25, -0.2) is 18.6 Å². The maximum atomic E-state index is 12.6. The van der Waals surface area contributed by atoms with Crippen LogP contribution in [-0.4, -0.2) is 21.0 Å². The lowest BCUT2D eigenvalue weighted by molar-refractivity contribution is 0.142. The van der Waals surface area contributed by atoms with Crippen LogP contribution in [0.5, 0.6) is 0 Å². The fraction of sp³-hybridized carbons (Fsp3) is 0.133. The van der Waals surface area contributed by atoms with Crippen molar-refractivity contribution < 1.29 is 13.6 Å². The lowest BCUT2D eigenvalue weighted by atomic mass is 10.3. The first-order valence-corrected chi connectivity index (χ1v) is 6.83. The van der Waals surface area contributed by atoms with E-state index >= 15 is 0 Å². The van der Waals surface area contributed by atoms with Gasteiger partial charge in [0.25, 0.3) is 6.43 Å². The number of imidazole rings is 1. The van der Waals surface area contributed by atoms with Crippen LogP contribution in [0.2, 0.25) is 0 Å². The van der Waals surface area contributed by atoms with Gasteiger partial charge < -0.3 is 15.6 Å². The van der Waals surface area contributed by atoms with Gasteiger partial charge in [-0.2, -0.15) is 0 Å². The lowest BCUT2D eigenvalue weighted by Crippen LogP contribution is -2.28. The van der Waals surface area contributed by atoms with Gasteiger partial charge in [0, 0.05) is 24.6 Å². The number of aromatic nitrogens is 3. The van der Waals surface area contributed by atoms with Crippen molar-refractivity contribution in [3.63, 3.8) is 0 Å². The molecule has 2 amide bonds. The molecule has 0 spiro atoms. The Labute approximate surface area is 130 Å². The molecule has 1 aromatic carbocycles. The van der Waals surface area contributed by atoms with Crippen LogP contribution in [0.4, 0.5) is 19.3 Å². The highest BCUT2D eigenvalue weighted by Gasteiger charge is 2.13. The number of alkyl halides is 2. The predicted molar refractivity (Wildman–Crippen MR) is 81.1 cm³/mol. The molecule has 0 aliphatic heterocycles. The molecule has 8 heteroatoms. The van der Waals surface area contributed by atoms with Crippen molar-refractivity contribution in [2.45, 2.75) is 13.0 Å². The van der Waals surface area contributed by atoms with Gasteiger partial charge in [-0.05, 0) is 29.8 Å². The van der Waals surface area contributed by atoms with E-state index in [9.17, 15) is 13.6 Å². The van der Waals surface area contributed by atoms with Crippen molar-refractivity contribution in [2.75, 3.05) is 5.32 Å². The molecular weight excluding hydrogens is 304 g/mol.